The molecule has 8 heteroatoms. The summed E-state index contributed by atoms with van der Waals surface area (Å²) < 4.78 is 6.51. The number of methoxy groups -OCH3 is 1. The number of aromatic nitrogens is 2. The lowest BCUT2D eigenvalue weighted by Gasteiger charge is -2.15. The number of rotatable bonds is 6. The fourth-order valence-electron chi connectivity index (χ4n) is 4.02. The van der Waals surface area contributed by atoms with E-state index in [4.69, 9.17) is 16.3 Å². The highest BCUT2D eigenvalue weighted by Crippen LogP contribution is 2.32. The third-order valence-corrected chi connectivity index (χ3v) is 7.22. The highest BCUT2D eigenvalue weighted by Gasteiger charge is 2.21. The molecule has 0 saturated heterocycles. The molecular formula is C28H22ClN3O3S. The number of carbonyl (C=O) groups is 1. The Morgan fingerprint density at radius 1 is 1.03 bits per heavy atom. The summed E-state index contributed by atoms with van der Waals surface area (Å²) in [5.74, 6) is 0.152. The van der Waals surface area contributed by atoms with Crippen LogP contribution in [0.25, 0.3) is 32.5 Å². The Morgan fingerprint density at radius 3 is 2.42 bits per heavy atom. The van der Waals surface area contributed by atoms with Crippen molar-refractivity contribution in [3.63, 3.8) is 0 Å². The second kappa shape index (κ2) is 9.97. The molecule has 1 atom stereocenters. The molecule has 2 aromatic heterocycles. The van der Waals surface area contributed by atoms with Crippen molar-refractivity contribution in [2.24, 2.45) is 0 Å². The van der Waals surface area contributed by atoms with E-state index >= 15 is 0 Å². The summed E-state index contributed by atoms with van der Waals surface area (Å²) in [5, 5.41) is 5.62. The summed E-state index contributed by atoms with van der Waals surface area (Å²) in [5.41, 5.74) is 4.19. The Bertz CT molecular complexity index is 1610. The van der Waals surface area contributed by atoms with Gasteiger partial charge < -0.3 is 10.1 Å². The van der Waals surface area contributed by atoms with Crippen LogP contribution in [0.2, 0.25) is 5.02 Å². The normalized spacial score (nSPS) is 11.9. The van der Waals surface area contributed by atoms with Gasteiger partial charge in [-0.2, -0.15) is 0 Å². The molecule has 5 aromatic rings. The summed E-state index contributed by atoms with van der Waals surface area (Å²) in [6.45, 7) is 1.66. The fraction of sp³-hybridized carbons (Fsp3) is 0.107. The van der Waals surface area contributed by atoms with E-state index in [-0.39, 0.29) is 11.5 Å². The maximum absolute atomic E-state index is 13.5. The van der Waals surface area contributed by atoms with Gasteiger partial charge in [0.2, 0.25) is 5.91 Å². The number of hydrogen-bond donors (Lipinski definition) is 1. The van der Waals surface area contributed by atoms with Crippen molar-refractivity contribution in [2.75, 3.05) is 12.4 Å². The monoisotopic (exact) mass is 515 g/mol. The quantitative estimate of drug-likeness (QED) is 0.274. The van der Waals surface area contributed by atoms with Crippen molar-refractivity contribution in [3.8, 4) is 28.0 Å². The molecule has 2 heterocycles. The summed E-state index contributed by atoms with van der Waals surface area (Å²) in [6.07, 6.45) is 1.43. The topological polar surface area (TPSA) is 73.2 Å². The maximum Gasteiger partial charge on any atom is 0.263 e. The first-order chi connectivity index (χ1) is 17.5. The second-order valence-electron chi connectivity index (χ2n) is 8.24. The van der Waals surface area contributed by atoms with Gasteiger partial charge in [0, 0.05) is 16.6 Å². The molecule has 0 aliphatic rings. The van der Waals surface area contributed by atoms with Crippen LogP contribution in [-0.4, -0.2) is 22.6 Å². The number of carbonyl (C=O) groups excluding carboxylic acids is 1. The summed E-state index contributed by atoms with van der Waals surface area (Å²) >= 11 is 7.58. The van der Waals surface area contributed by atoms with Gasteiger partial charge in [0.05, 0.1) is 23.8 Å². The number of nitrogens with zero attached hydrogens (tertiary/aromatic N) is 2. The first-order valence-corrected chi connectivity index (χ1v) is 12.5. The van der Waals surface area contributed by atoms with E-state index in [2.05, 4.69) is 22.4 Å². The van der Waals surface area contributed by atoms with Crippen LogP contribution in [0.1, 0.15) is 13.0 Å². The highest BCUT2D eigenvalue weighted by molar-refractivity contribution is 7.17. The number of hydrogen-bond acceptors (Lipinski definition) is 5. The summed E-state index contributed by atoms with van der Waals surface area (Å²) in [4.78, 5) is 31.6. The molecule has 0 spiro atoms. The van der Waals surface area contributed by atoms with Crippen molar-refractivity contribution in [1.82, 2.24) is 9.55 Å². The van der Waals surface area contributed by atoms with Gasteiger partial charge in [-0.15, -0.1) is 11.3 Å². The molecule has 0 fully saturated rings. The fourth-order valence-corrected chi connectivity index (χ4v) is 5.19. The van der Waals surface area contributed by atoms with E-state index < -0.39 is 6.04 Å². The molecular weight excluding hydrogens is 494 g/mol. The average molecular weight is 516 g/mol. The van der Waals surface area contributed by atoms with E-state index in [9.17, 15) is 9.59 Å². The lowest BCUT2D eigenvalue weighted by Crippen LogP contribution is -2.31. The van der Waals surface area contributed by atoms with E-state index in [1.165, 1.54) is 29.3 Å². The Labute approximate surface area is 216 Å². The van der Waals surface area contributed by atoms with Crippen LogP contribution in [-0.2, 0) is 4.79 Å². The number of ether oxygens (including phenoxy) is 1. The van der Waals surface area contributed by atoms with Crippen molar-refractivity contribution < 1.29 is 9.53 Å². The predicted molar refractivity (Wildman–Crippen MR) is 146 cm³/mol. The van der Waals surface area contributed by atoms with Gasteiger partial charge in [-0.3, -0.25) is 14.2 Å². The van der Waals surface area contributed by atoms with Gasteiger partial charge in [0.15, 0.2) is 0 Å². The zero-order valence-electron chi connectivity index (χ0n) is 19.6. The lowest BCUT2D eigenvalue weighted by molar-refractivity contribution is -0.118. The van der Waals surface area contributed by atoms with Crippen LogP contribution < -0.4 is 15.6 Å². The molecule has 36 heavy (non-hydrogen) atoms. The largest absolute Gasteiger partial charge is 0.495 e. The number of benzene rings is 3. The third kappa shape index (κ3) is 4.51. The molecule has 0 bridgehead atoms. The first kappa shape index (κ1) is 23.8. The van der Waals surface area contributed by atoms with Crippen LogP contribution in [0.3, 0.4) is 0 Å². The summed E-state index contributed by atoms with van der Waals surface area (Å²) in [6, 6.07) is 22.4. The third-order valence-electron chi connectivity index (χ3n) is 6.04. The molecule has 180 valence electrons. The molecule has 6 nitrogen and oxygen atoms in total. The van der Waals surface area contributed by atoms with Crippen LogP contribution in [0.15, 0.2) is 89.3 Å². The molecule has 1 amide bonds. The van der Waals surface area contributed by atoms with E-state index in [1.54, 1.807) is 25.1 Å². The van der Waals surface area contributed by atoms with Crippen molar-refractivity contribution in [1.29, 1.82) is 0 Å². The molecule has 5 rings (SSSR count). The van der Waals surface area contributed by atoms with Gasteiger partial charge in [-0.05, 0) is 41.8 Å². The molecule has 1 N–H and O–H groups in total. The highest BCUT2D eigenvalue weighted by atomic mass is 35.5. The smallest absolute Gasteiger partial charge is 0.263 e. The molecule has 0 saturated carbocycles. The first-order valence-electron chi connectivity index (χ1n) is 11.2. The zero-order chi connectivity index (χ0) is 25.2. The van der Waals surface area contributed by atoms with Gasteiger partial charge >= 0.3 is 0 Å². The number of thiophene rings is 1. The minimum Gasteiger partial charge on any atom is -0.495 e. The van der Waals surface area contributed by atoms with Crippen molar-refractivity contribution in [2.45, 2.75) is 13.0 Å². The minimum absolute atomic E-state index is 0.265. The van der Waals surface area contributed by atoms with Crippen molar-refractivity contribution in [3.05, 3.63) is 99.9 Å². The van der Waals surface area contributed by atoms with Crippen LogP contribution in [0, 0.1) is 0 Å². The van der Waals surface area contributed by atoms with E-state index in [1.807, 2.05) is 47.8 Å². The number of halogens is 1. The molecule has 1 unspecified atom stereocenters. The SMILES string of the molecule is COc1ccc(NC(=O)C(C)n2cnc3scc(-c4ccc(-c5ccccc5)cc4)c3c2=O)cc1Cl. The molecule has 0 aliphatic heterocycles. The minimum atomic E-state index is -0.788. The van der Waals surface area contributed by atoms with Gasteiger partial charge in [-0.25, -0.2) is 4.98 Å². The van der Waals surface area contributed by atoms with Crippen LogP contribution in [0.4, 0.5) is 5.69 Å². The number of amides is 1. The van der Waals surface area contributed by atoms with Crippen LogP contribution in [0.5, 0.6) is 5.75 Å². The Kier molecular flexibility index (Phi) is 6.59. The van der Waals surface area contributed by atoms with Gasteiger partial charge in [0.1, 0.15) is 16.6 Å². The molecule has 0 radical (unpaired) electrons. The summed E-state index contributed by atoms with van der Waals surface area (Å²) in [7, 11) is 1.52. The number of anilines is 1. The van der Waals surface area contributed by atoms with E-state index in [0.29, 0.717) is 26.7 Å². The Balaban J connectivity index is 1.45. The standard InChI is InChI=1S/C28H22ClN3O3S/c1-17(26(33)31-21-12-13-24(35-2)23(29)14-21)32-16-30-27-25(28(32)34)22(15-36-27)20-10-8-19(9-11-20)18-6-4-3-5-7-18/h3-17H,1-2H3,(H,31,33). The number of fused-ring (bicyclic) bond motifs is 1. The zero-order valence-corrected chi connectivity index (χ0v) is 21.1. The predicted octanol–water partition coefficient (Wildman–Crippen LogP) is 6.65. The lowest BCUT2D eigenvalue weighted by atomic mass is 10.0. The average Bonchev–Trinajstić information content (AvgIpc) is 3.34. The van der Waals surface area contributed by atoms with Crippen LogP contribution >= 0.6 is 22.9 Å². The van der Waals surface area contributed by atoms with Gasteiger partial charge in [-0.1, -0.05) is 66.2 Å². The Morgan fingerprint density at radius 2 is 1.72 bits per heavy atom. The second-order valence-corrected chi connectivity index (χ2v) is 9.51. The number of nitrogens with one attached hydrogen (secondary N) is 1. The maximum atomic E-state index is 13.5. The van der Waals surface area contributed by atoms with Crippen molar-refractivity contribution >= 4 is 44.7 Å². The van der Waals surface area contributed by atoms with Gasteiger partial charge in [0.25, 0.3) is 5.56 Å². The Hall–Kier alpha value is -3.94. The van der Waals surface area contributed by atoms with E-state index in [0.717, 1.165) is 22.3 Å². The molecule has 3 aromatic carbocycles. The molecule has 0 aliphatic carbocycles.